The van der Waals surface area contributed by atoms with Crippen LogP contribution in [-0.2, 0) is 21.3 Å². The molecular formula is C12H19ClN2O3S. The first kappa shape index (κ1) is 16.4. The highest BCUT2D eigenvalue weighted by molar-refractivity contribution is 7.89. The fourth-order valence-corrected chi connectivity index (χ4v) is 2.81. The van der Waals surface area contributed by atoms with Crippen LogP contribution in [0.1, 0.15) is 12.5 Å². The van der Waals surface area contributed by atoms with Crippen molar-refractivity contribution in [3.05, 3.63) is 28.8 Å². The van der Waals surface area contributed by atoms with Crippen LogP contribution in [0.25, 0.3) is 0 Å². The van der Waals surface area contributed by atoms with E-state index >= 15 is 0 Å². The number of sulfonamides is 1. The summed E-state index contributed by atoms with van der Waals surface area (Å²) < 4.78 is 31.1. The lowest BCUT2D eigenvalue weighted by Crippen LogP contribution is -2.27. The minimum atomic E-state index is -3.53. The van der Waals surface area contributed by atoms with Crippen LogP contribution >= 0.6 is 11.6 Å². The lowest BCUT2D eigenvalue weighted by molar-refractivity contribution is 0.204. The predicted octanol–water partition coefficient (Wildman–Crippen LogP) is 1.37. The van der Waals surface area contributed by atoms with Crippen LogP contribution < -0.4 is 10.0 Å². The number of benzene rings is 1. The third-order valence-corrected chi connectivity index (χ3v) is 4.31. The minimum Gasteiger partial charge on any atom is -0.383 e. The van der Waals surface area contributed by atoms with E-state index in [1.165, 1.54) is 13.2 Å². The maximum atomic E-state index is 11.9. The molecule has 0 radical (unpaired) electrons. The zero-order chi connectivity index (χ0) is 14.3. The molecule has 0 amide bonds. The zero-order valence-corrected chi connectivity index (χ0v) is 12.6. The van der Waals surface area contributed by atoms with E-state index in [0.29, 0.717) is 18.2 Å². The van der Waals surface area contributed by atoms with Gasteiger partial charge in [-0.1, -0.05) is 24.6 Å². The van der Waals surface area contributed by atoms with Gasteiger partial charge in [0.25, 0.3) is 0 Å². The Morgan fingerprint density at radius 1 is 1.37 bits per heavy atom. The molecule has 0 atom stereocenters. The van der Waals surface area contributed by atoms with Gasteiger partial charge in [0, 0.05) is 25.2 Å². The highest BCUT2D eigenvalue weighted by Crippen LogP contribution is 2.20. The van der Waals surface area contributed by atoms with Gasteiger partial charge in [-0.05, 0) is 24.2 Å². The third kappa shape index (κ3) is 5.08. The first-order chi connectivity index (χ1) is 9.01. The highest BCUT2D eigenvalue weighted by atomic mass is 35.5. The van der Waals surface area contributed by atoms with Crippen molar-refractivity contribution in [3.63, 3.8) is 0 Å². The molecule has 0 bridgehead atoms. The molecule has 1 aromatic carbocycles. The van der Waals surface area contributed by atoms with Gasteiger partial charge in [-0.25, -0.2) is 13.1 Å². The lowest BCUT2D eigenvalue weighted by atomic mass is 10.2. The maximum absolute atomic E-state index is 11.9. The molecular weight excluding hydrogens is 288 g/mol. The van der Waals surface area contributed by atoms with Crippen molar-refractivity contribution in [3.8, 4) is 0 Å². The van der Waals surface area contributed by atoms with Crippen LogP contribution in [0.15, 0.2) is 23.1 Å². The van der Waals surface area contributed by atoms with Gasteiger partial charge in [-0.3, -0.25) is 0 Å². The van der Waals surface area contributed by atoms with E-state index in [1.54, 1.807) is 12.1 Å². The zero-order valence-electron chi connectivity index (χ0n) is 11.1. The minimum absolute atomic E-state index is 0.161. The second-order valence-electron chi connectivity index (χ2n) is 3.92. The Labute approximate surface area is 119 Å². The van der Waals surface area contributed by atoms with Gasteiger partial charge >= 0.3 is 0 Å². The van der Waals surface area contributed by atoms with Gasteiger partial charge in [0.15, 0.2) is 0 Å². The van der Waals surface area contributed by atoms with Crippen LogP contribution in [0.3, 0.4) is 0 Å². The summed E-state index contributed by atoms with van der Waals surface area (Å²) in [5.41, 5.74) is 0.874. The predicted molar refractivity (Wildman–Crippen MR) is 75.9 cm³/mol. The Morgan fingerprint density at radius 2 is 2.11 bits per heavy atom. The summed E-state index contributed by atoms with van der Waals surface area (Å²) in [6.07, 6.45) is 0. The molecule has 0 aromatic heterocycles. The number of nitrogens with one attached hydrogen (secondary N) is 2. The number of ether oxygens (including phenoxy) is 1. The molecule has 19 heavy (non-hydrogen) atoms. The molecule has 0 aliphatic rings. The highest BCUT2D eigenvalue weighted by Gasteiger charge is 2.14. The van der Waals surface area contributed by atoms with E-state index in [4.69, 9.17) is 16.3 Å². The second-order valence-corrected chi connectivity index (χ2v) is 6.10. The normalized spacial score (nSPS) is 11.7. The van der Waals surface area contributed by atoms with Crippen LogP contribution in [-0.4, -0.2) is 35.2 Å². The number of hydrogen-bond acceptors (Lipinski definition) is 4. The summed E-state index contributed by atoms with van der Waals surface area (Å²) in [4.78, 5) is 0.161. The van der Waals surface area contributed by atoms with Gasteiger partial charge in [0.05, 0.1) is 11.5 Å². The van der Waals surface area contributed by atoms with Crippen molar-refractivity contribution in [2.75, 3.05) is 26.8 Å². The Hall–Kier alpha value is -0.660. The van der Waals surface area contributed by atoms with Crippen molar-refractivity contribution < 1.29 is 13.2 Å². The van der Waals surface area contributed by atoms with Crippen LogP contribution in [0.2, 0.25) is 5.02 Å². The number of hydrogen-bond donors (Lipinski definition) is 2. The summed E-state index contributed by atoms with van der Waals surface area (Å²) in [6, 6.07) is 4.73. The molecule has 0 unspecified atom stereocenters. The molecule has 7 heteroatoms. The van der Waals surface area contributed by atoms with Crippen LogP contribution in [0.4, 0.5) is 0 Å². The SMILES string of the molecule is CCNCc1ccc(S(=O)(=O)NCCOC)cc1Cl. The quantitative estimate of drug-likeness (QED) is 0.712. The molecule has 0 aliphatic carbocycles. The molecule has 1 rings (SSSR count). The van der Waals surface area contributed by atoms with Crippen molar-refractivity contribution in [1.82, 2.24) is 10.0 Å². The topological polar surface area (TPSA) is 67.4 Å². The summed E-state index contributed by atoms with van der Waals surface area (Å²) in [7, 11) is -2.01. The first-order valence-electron chi connectivity index (χ1n) is 5.99. The smallest absolute Gasteiger partial charge is 0.240 e. The Bertz CT molecular complexity index is 506. The van der Waals surface area contributed by atoms with Crippen molar-refractivity contribution in [1.29, 1.82) is 0 Å². The molecule has 0 spiro atoms. The first-order valence-corrected chi connectivity index (χ1v) is 7.85. The van der Waals surface area contributed by atoms with Crippen molar-refractivity contribution in [2.45, 2.75) is 18.4 Å². The van der Waals surface area contributed by atoms with E-state index in [-0.39, 0.29) is 11.4 Å². The lowest BCUT2D eigenvalue weighted by Gasteiger charge is -2.09. The van der Waals surface area contributed by atoms with E-state index in [0.717, 1.165) is 12.1 Å². The molecule has 2 N–H and O–H groups in total. The average molecular weight is 307 g/mol. The van der Waals surface area contributed by atoms with Crippen LogP contribution in [0.5, 0.6) is 0 Å². The van der Waals surface area contributed by atoms with Crippen LogP contribution in [0, 0.1) is 0 Å². The molecule has 5 nitrogen and oxygen atoms in total. The van der Waals surface area contributed by atoms with Crippen molar-refractivity contribution >= 4 is 21.6 Å². The summed E-state index contributed by atoms with van der Waals surface area (Å²) in [5.74, 6) is 0. The molecule has 0 fully saturated rings. The Balaban J connectivity index is 2.81. The van der Waals surface area contributed by atoms with E-state index in [1.807, 2.05) is 6.92 Å². The number of halogens is 1. The molecule has 1 aromatic rings. The number of rotatable bonds is 8. The van der Waals surface area contributed by atoms with E-state index < -0.39 is 10.0 Å². The van der Waals surface area contributed by atoms with Gasteiger partial charge < -0.3 is 10.1 Å². The summed E-state index contributed by atoms with van der Waals surface area (Å²) in [5, 5.41) is 3.58. The summed E-state index contributed by atoms with van der Waals surface area (Å²) in [6.45, 7) is 4.00. The molecule has 0 heterocycles. The third-order valence-electron chi connectivity index (χ3n) is 2.50. The molecule has 108 valence electrons. The van der Waals surface area contributed by atoms with E-state index in [9.17, 15) is 8.42 Å². The molecule has 0 aliphatic heterocycles. The Morgan fingerprint density at radius 3 is 2.68 bits per heavy atom. The van der Waals surface area contributed by atoms with Gasteiger partial charge in [0.1, 0.15) is 0 Å². The maximum Gasteiger partial charge on any atom is 0.240 e. The van der Waals surface area contributed by atoms with Gasteiger partial charge in [-0.15, -0.1) is 0 Å². The average Bonchev–Trinajstić information content (AvgIpc) is 2.37. The molecule has 0 saturated heterocycles. The van der Waals surface area contributed by atoms with Gasteiger partial charge in [0.2, 0.25) is 10.0 Å². The monoisotopic (exact) mass is 306 g/mol. The van der Waals surface area contributed by atoms with E-state index in [2.05, 4.69) is 10.0 Å². The van der Waals surface area contributed by atoms with Crippen molar-refractivity contribution in [2.24, 2.45) is 0 Å². The fourth-order valence-electron chi connectivity index (χ4n) is 1.46. The molecule has 0 saturated carbocycles. The standard InChI is InChI=1S/C12H19ClN2O3S/c1-3-14-9-10-4-5-11(8-12(10)13)19(16,17)15-6-7-18-2/h4-5,8,14-15H,3,6-7,9H2,1-2H3. The largest absolute Gasteiger partial charge is 0.383 e. The summed E-state index contributed by atoms with van der Waals surface area (Å²) >= 11 is 6.08. The fraction of sp³-hybridized carbons (Fsp3) is 0.500. The van der Waals surface area contributed by atoms with Gasteiger partial charge in [-0.2, -0.15) is 0 Å². The Kier molecular flexibility index (Phi) is 6.74. The second kappa shape index (κ2) is 7.81. The number of methoxy groups -OCH3 is 1.